The Morgan fingerprint density at radius 3 is 2.63 bits per heavy atom. The Morgan fingerprint density at radius 1 is 1.10 bits per heavy atom. The summed E-state index contributed by atoms with van der Waals surface area (Å²) in [6.07, 6.45) is 0.707. The first kappa shape index (κ1) is 21.7. The highest BCUT2D eigenvalue weighted by Gasteiger charge is 2.13. The molecule has 8 heteroatoms. The molecule has 1 amide bonds. The third kappa shape index (κ3) is 5.33. The predicted octanol–water partition coefficient (Wildman–Crippen LogP) is 3.26. The molecule has 0 atom stereocenters. The van der Waals surface area contributed by atoms with Crippen molar-refractivity contribution < 1.29 is 14.3 Å². The van der Waals surface area contributed by atoms with Crippen LogP contribution in [0.15, 0.2) is 47.6 Å². The zero-order valence-electron chi connectivity index (χ0n) is 17.6. The van der Waals surface area contributed by atoms with Gasteiger partial charge < -0.3 is 19.4 Å². The number of methoxy groups -OCH3 is 2. The van der Waals surface area contributed by atoms with E-state index in [1.165, 1.54) is 17.3 Å². The normalized spacial score (nSPS) is 10.7. The van der Waals surface area contributed by atoms with Crippen LogP contribution >= 0.6 is 11.8 Å². The van der Waals surface area contributed by atoms with Crippen molar-refractivity contribution in [1.29, 1.82) is 0 Å². The van der Waals surface area contributed by atoms with Crippen LogP contribution in [-0.2, 0) is 18.3 Å². The minimum absolute atomic E-state index is 0.0411. The zero-order valence-corrected chi connectivity index (χ0v) is 18.5. The lowest BCUT2D eigenvalue weighted by Crippen LogP contribution is -2.27. The van der Waals surface area contributed by atoms with E-state index in [1.54, 1.807) is 14.2 Å². The van der Waals surface area contributed by atoms with Crippen molar-refractivity contribution in [2.45, 2.75) is 18.5 Å². The van der Waals surface area contributed by atoms with Crippen LogP contribution in [0.1, 0.15) is 11.1 Å². The summed E-state index contributed by atoms with van der Waals surface area (Å²) in [5.41, 5.74) is 3.24. The van der Waals surface area contributed by atoms with Gasteiger partial charge in [0.15, 0.2) is 22.5 Å². The van der Waals surface area contributed by atoms with Gasteiger partial charge in [-0.3, -0.25) is 4.79 Å². The first-order chi connectivity index (χ1) is 14.5. The van der Waals surface area contributed by atoms with Gasteiger partial charge in [-0.1, -0.05) is 41.6 Å². The quantitative estimate of drug-likeness (QED) is 0.529. The number of rotatable bonds is 9. The van der Waals surface area contributed by atoms with Crippen molar-refractivity contribution in [2.75, 3.05) is 26.5 Å². The average molecular weight is 427 g/mol. The van der Waals surface area contributed by atoms with E-state index in [0.29, 0.717) is 29.6 Å². The molecule has 7 nitrogen and oxygen atoms in total. The molecule has 0 saturated carbocycles. The van der Waals surface area contributed by atoms with Crippen LogP contribution in [0.25, 0.3) is 11.4 Å². The van der Waals surface area contributed by atoms with Crippen LogP contribution < -0.4 is 14.8 Å². The lowest BCUT2D eigenvalue weighted by molar-refractivity contribution is -0.118. The number of hydrogen-bond acceptors (Lipinski definition) is 6. The van der Waals surface area contributed by atoms with Crippen LogP contribution in [-0.4, -0.2) is 47.2 Å². The van der Waals surface area contributed by atoms with E-state index in [2.05, 4.69) is 21.6 Å². The number of thioether (sulfide) groups is 1. The van der Waals surface area contributed by atoms with Crippen molar-refractivity contribution >= 4 is 17.7 Å². The first-order valence-electron chi connectivity index (χ1n) is 9.58. The average Bonchev–Trinajstić information content (AvgIpc) is 3.12. The Bertz CT molecular complexity index is 1020. The number of hydrogen-bond donors (Lipinski definition) is 1. The summed E-state index contributed by atoms with van der Waals surface area (Å²) in [7, 11) is 5.13. The van der Waals surface area contributed by atoms with Crippen LogP contribution in [0.2, 0.25) is 0 Å². The van der Waals surface area contributed by atoms with Gasteiger partial charge in [-0.2, -0.15) is 0 Å². The lowest BCUT2D eigenvalue weighted by Gasteiger charge is -2.10. The molecule has 0 aliphatic carbocycles. The maximum absolute atomic E-state index is 12.2. The second kappa shape index (κ2) is 10.2. The molecule has 0 radical (unpaired) electrons. The Kier molecular flexibility index (Phi) is 7.35. The molecule has 0 bridgehead atoms. The topological polar surface area (TPSA) is 78.3 Å². The fourth-order valence-corrected chi connectivity index (χ4v) is 3.78. The van der Waals surface area contributed by atoms with Crippen molar-refractivity contribution in [3.05, 3.63) is 53.6 Å². The molecule has 0 aliphatic rings. The zero-order chi connectivity index (χ0) is 21.5. The molecule has 1 aromatic heterocycles. The van der Waals surface area contributed by atoms with Gasteiger partial charge in [-0.05, 0) is 37.1 Å². The third-order valence-corrected chi connectivity index (χ3v) is 5.65. The second-order valence-electron chi connectivity index (χ2n) is 6.81. The van der Waals surface area contributed by atoms with Crippen molar-refractivity contribution in [2.24, 2.45) is 7.05 Å². The van der Waals surface area contributed by atoms with E-state index in [0.717, 1.165) is 17.0 Å². The number of aromatic nitrogens is 3. The van der Waals surface area contributed by atoms with E-state index >= 15 is 0 Å². The van der Waals surface area contributed by atoms with Gasteiger partial charge in [0, 0.05) is 19.2 Å². The van der Waals surface area contributed by atoms with Crippen LogP contribution in [0.3, 0.4) is 0 Å². The Morgan fingerprint density at radius 2 is 1.90 bits per heavy atom. The van der Waals surface area contributed by atoms with Gasteiger partial charge in [0.2, 0.25) is 5.91 Å². The minimum Gasteiger partial charge on any atom is -0.493 e. The summed E-state index contributed by atoms with van der Waals surface area (Å²) in [5.74, 6) is 2.40. The standard InChI is InChI=1S/C22H26N4O3S/c1-15-6-5-7-17(12-15)21-24-25-22(26(21)2)30-14-20(27)23-11-10-16-8-9-18(28-3)19(13-16)29-4/h5-9,12-13H,10-11,14H2,1-4H3,(H,23,27). The predicted molar refractivity (Wildman–Crippen MR) is 118 cm³/mol. The molecule has 2 aromatic carbocycles. The Labute approximate surface area is 180 Å². The van der Waals surface area contributed by atoms with E-state index in [1.807, 2.05) is 54.9 Å². The highest BCUT2D eigenvalue weighted by Crippen LogP contribution is 2.27. The Balaban J connectivity index is 1.50. The summed E-state index contributed by atoms with van der Waals surface area (Å²) in [6, 6.07) is 13.9. The number of benzene rings is 2. The molecular weight excluding hydrogens is 400 g/mol. The maximum Gasteiger partial charge on any atom is 0.230 e. The van der Waals surface area contributed by atoms with Gasteiger partial charge in [-0.15, -0.1) is 10.2 Å². The van der Waals surface area contributed by atoms with E-state index < -0.39 is 0 Å². The largest absolute Gasteiger partial charge is 0.493 e. The molecule has 1 N–H and O–H groups in total. The molecule has 30 heavy (non-hydrogen) atoms. The number of ether oxygens (including phenoxy) is 2. The molecule has 3 aromatic rings. The van der Waals surface area contributed by atoms with Gasteiger partial charge in [0.05, 0.1) is 20.0 Å². The van der Waals surface area contributed by atoms with Crippen molar-refractivity contribution in [3.8, 4) is 22.9 Å². The molecule has 0 fully saturated rings. The molecule has 158 valence electrons. The Hall–Kier alpha value is -3.00. The molecule has 0 spiro atoms. The van der Waals surface area contributed by atoms with Gasteiger partial charge in [-0.25, -0.2) is 0 Å². The van der Waals surface area contributed by atoms with E-state index in [4.69, 9.17) is 9.47 Å². The van der Waals surface area contributed by atoms with Crippen molar-refractivity contribution in [3.63, 3.8) is 0 Å². The van der Waals surface area contributed by atoms with Crippen LogP contribution in [0.5, 0.6) is 11.5 Å². The highest BCUT2D eigenvalue weighted by atomic mass is 32.2. The molecule has 1 heterocycles. The smallest absolute Gasteiger partial charge is 0.230 e. The van der Waals surface area contributed by atoms with Gasteiger partial charge in [0.25, 0.3) is 0 Å². The van der Waals surface area contributed by atoms with Crippen LogP contribution in [0, 0.1) is 6.92 Å². The van der Waals surface area contributed by atoms with E-state index in [9.17, 15) is 4.79 Å². The number of amides is 1. The van der Waals surface area contributed by atoms with Crippen LogP contribution in [0.4, 0.5) is 0 Å². The maximum atomic E-state index is 12.2. The fraction of sp³-hybridized carbons (Fsp3) is 0.318. The SMILES string of the molecule is COc1ccc(CCNC(=O)CSc2nnc(-c3cccc(C)c3)n2C)cc1OC. The molecule has 3 rings (SSSR count). The minimum atomic E-state index is -0.0411. The summed E-state index contributed by atoms with van der Waals surface area (Å²) in [6.45, 7) is 2.59. The molecular formula is C22H26N4O3S. The number of aryl methyl sites for hydroxylation is 1. The number of carbonyl (C=O) groups is 1. The molecule has 0 aliphatic heterocycles. The molecule has 0 saturated heterocycles. The monoisotopic (exact) mass is 426 g/mol. The summed E-state index contributed by atoms with van der Waals surface area (Å²) < 4.78 is 12.5. The second-order valence-corrected chi connectivity index (χ2v) is 7.76. The van der Waals surface area contributed by atoms with E-state index in [-0.39, 0.29) is 11.7 Å². The summed E-state index contributed by atoms with van der Waals surface area (Å²) in [5, 5.41) is 12.2. The molecule has 0 unspecified atom stereocenters. The third-order valence-electron chi connectivity index (χ3n) is 4.63. The lowest BCUT2D eigenvalue weighted by atomic mass is 10.1. The van der Waals surface area contributed by atoms with Gasteiger partial charge in [0.1, 0.15) is 0 Å². The number of carbonyl (C=O) groups excluding carboxylic acids is 1. The number of nitrogens with one attached hydrogen (secondary N) is 1. The first-order valence-corrected chi connectivity index (χ1v) is 10.6. The van der Waals surface area contributed by atoms with Crippen molar-refractivity contribution in [1.82, 2.24) is 20.1 Å². The summed E-state index contributed by atoms with van der Waals surface area (Å²) >= 11 is 1.37. The number of nitrogens with zero attached hydrogens (tertiary/aromatic N) is 3. The fourth-order valence-electron chi connectivity index (χ4n) is 3.04. The summed E-state index contributed by atoms with van der Waals surface area (Å²) in [4.78, 5) is 12.2. The highest BCUT2D eigenvalue weighted by molar-refractivity contribution is 7.99. The van der Waals surface area contributed by atoms with Gasteiger partial charge >= 0.3 is 0 Å².